The molecule has 232 valence electrons. The number of carbonyl (C=O) groups is 3. The molecule has 2 unspecified atom stereocenters. The Labute approximate surface area is 252 Å². The average Bonchev–Trinajstić information content (AvgIpc) is 2.92. The summed E-state index contributed by atoms with van der Waals surface area (Å²) in [6.45, 7) is 13.5. The van der Waals surface area contributed by atoms with Gasteiger partial charge in [0.05, 0.1) is 0 Å². The molecule has 42 heavy (non-hydrogen) atoms. The van der Waals surface area contributed by atoms with Gasteiger partial charge in [-0.05, 0) is 51.2 Å². The van der Waals surface area contributed by atoms with E-state index in [1.807, 2.05) is 44.2 Å². The van der Waals surface area contributed by atoms with Gasteiger partial charge in [-0.1, -0.05) is 101 Å². The summed E-state index contributed by atoms with van der Waals surface area (Å²) >= 11 is 0. The molecule has 0 aliphatic carbocycles. The molecule has 2 aromatic rings. The Kier molecular flexibility index (Phi) is 13.8. The van der Waals surface area contributed by atoms with Gasteiger partial charge in [0.25, 0.3) is 0 Å². The predicted octanol–water partition coefficient (Wildman–Crippen LogP) is 6.80. The lowest BCUT2D eigenvalue weighted by atomic mass is 9.96. The number of unbranched alkanes of at least 4 members (excludes halogenated alkanes) is 5. The van der Waals surface area contributed by atoms with Crippen molar-refractivity contribution in [1.82, 2.24) is 15.5 Å². The van der Waals surface area contributed by atoms with E-state index in [9.17, 15) is 19.5 Å². The standard InChI is InChI=1S/C34H51N3O5/c1-8-9-10-11-12-16-22-37(32(40)28(24(2)3)36-33(41)42-34(5,6)7)29(27-21-17-18-25(4)30(27)38)31(39)35-23-26-19-14-13-15-20-26/h13-15,17-21,24,28-29,38H,8-12,16,22-23H2,1-7H3,(H,35,39)(H,36,41). The first-order chi connectivity index (χ1) is 19.9. The number of hydrogen-bond donors (Lipinski definition) is 3. The second-order valence-corrected chi connectivity index (χ2v) is 12.3. The largest absolute Gasteiger partial charge is 0.507 e. The predicted molar refractivity (Wildman–Crippen MR) is 167 cm³/mol. The van der Waals surface area contributed by atoms with Crippen LogP contribution < -0.4 is 10.6 Å². The van der Waals surface area contributed by atoms with E-state index in [0.717, 1.165) is 37.7 Å². The van der Waals surface area contributed by atoms with Crippen LogP contribution in [-0.2, 0) is 20.9 Å². The number of nitrogens with zero attached hydrogens (tertiary/aromatic N) is 1. The van der Waals surface area contributed by atoms with Gasteiger partial charge in [0, 0.05) is 18.7 Å². The summed E-state index contributed by atoms with van der Waals surface area (Å²) in [5.41, 5.74) is 1.13. The number of carbonyl (C=O) groups excluding carboxylic acids is 3. The maximum Gasteiger partial charge on any atom is 0.408 e. The molecule has 8 heteroatoms. The third-order valence-corrected chi connectivity index (χ3v) is 7.07. The van der Waals surface area contributed by atoms with Crippen LogP contribution >= 0.6 is 0 Å². The van der Waals surface area contributed by atoms with Crippen molar-refractivity contribution in [3.05, 3.63) is 65.2 Å². The number of hydrogen-bond acceptors (Lipinski definition) is 5. The highest BCUT2D eigenvalue weighted by molar-refractivity contribution is 5.92. The molecule has 0 aliphatic rings. The second-order valence-electron chi connectivity index (χ2n) is 12.3. The van der Waals surface area contributed by atoms with E-state index in [0.29, 0.717) is 24.1 Å². The van der Waals surface area contributed by atoms with Gasteiger partial charge in [-0.3, -0.25) is 9.59 Å². The van der Waals surface area contributed by atoms with Crippen LogP contribution in [0.3, 0.4) is 0 Å². The topological polar surface area (TPSA) is 108 Å². The highest BCUT2D eigenvalue weighted by atomic mass is 16.6. The Hall–Kier alpha value is -3.55. The van der Waals surface area contributed by atoms with Crippen molar-refractivity contribution in [3.8, 4) is 5.75 Å². The second kappa shape index (κ2) is 16.8. The fourth-order valence-electron chi connectivity index (χ4n) is 4.79. The normalized spacial score (nSPS) is 12.9. The van der Waals surface area contributed by atoms with Gasteiger partial charge < -0.3 is 25.4 Å². The van der Waals surface area contributed by atoms with Crippen molar-refractivity contribution in [2.45, 2.75) is 111 Å². The van der Waals surface area contributed by atoms with Crippen LogP contribution in [0.15, 0.2) is 48.5 Å². The van der Waals surface area contributed by atoms with Gasteiger partial charge >= 0.3 is 6.09 Å². The van der Waals surface area contributed by atoms with Crippen LogP contribution in [0.4, 0.5) is 4.79 Å². The number of ether oxygens (including phenoxy) is 1. The summed E-state index contributed by atoms with van der Waals surface area (Å²) < 4.78 is 5.46. The molecule has 0 spiro atoms. The monoisotopic (exact) mass is 581 g/mol. The fourth-order valence-corrected chi connectivity index (χ4v) is 4.79. The highest BCUT2D eigenvalue weighted by Gasteiger charge is 2.38. The Morgan fingerprint density at radius 1 is 0.929 bits per heavy atom. The number of amides is 3. The van der Waals surface area contributed by atoms with Gasteiger partial charge in [-0.15, -0.1) is 0 Å². The number of rotatable bonds is 15. The Bertz CT molecular complexity index is 1140. The van der Waals surface area contributed by atoms with Crippen molar-refractivity contribution >= 4 is 17.9 Å². The number of para-hydroxylation sites is 1. The molecule has 2 atom stereocenters. The molecule has 2 rings (SSSR count). The van der Waals surface area contributed by atoms with Crippen molar-refractivity contribution in [3.63, 3.8) is 0 Å². The Balaban J connectivity index is 2.49. The molecular formula is C34H51N3O5. The summed E-state index contributed by atoms with van der Waals surface area (Å²) in [5.74, 6) is -1.11. The van der Waals surface area contributed by atoms with Crippen molar-refractivity contribution in [2.24, 2.45) is 5.92 Å². The zero-order valence-corrected chi connectivity index (χ0v) is 26.5. The fraction of sp³-hybridized carbons (Fsp3) is 0.559. The Morgan fingerprint density at radius 2 is 1.57 bits per heavy atom. The third kappa shape index (κ3) is 11.0. The van der Waals surface area contributed by atoms with Gasteiger partial charge in [0.2, 0.25) is 11.8 Å². The molecule has 0 heterocycles. The molecule has 0 saturated heterocycles. The summed E-state index contributed by atoms with van der Waals surface area (Å²) in [5, 5.41) is 16.9. The molecule has 8 nitrogen and oxygen atoms in total. The van der Waals surface area contributed by atoms with Crippen LogP contribution in [0.5, 0.6) is 5.75 Å². The molecule has 0 saturated carbocycles. The zero-order chi connectivity index (χ0) is 31.3. The first kappa shape index (κ1) is 34.7. The van der Waals surface area contributed by atoms with E-state index >= 15 is 0 Å². The molecule has 0 radical (unpaired) electrons. The van der Waals surface area contributed by atoms with Crippen LogP contribution in [0.25, 0.3) is 0 Å². The summed E-state index contributed by atoms with van der Waals surface area (Å²) in [7, 11) is 0. The van der Waals surface area contributed by atoms with Crippen molar-refractivity contribution in [2.75, 3.05) is 6.54 Å². The third-order valence-electron chi connectivity index (χ3n) is 7.07. The molecule has 0 bridgehead atoms. The minimum Gasteiger partial charge on any atom is -0.507 e. The van der Waals surface area contributed by atoms with Crippen molar-refractivity contribution in [1.29, 1.82) is 0 Å². The van der Waals surface area contributed by atoms with E-state index < -0.39 is 35.6 Å². The number of benzene rings is 2. The first-order valence-corrected chi connectivity index (χ1v) is 15.3. The van der Waals surface area contributed by atoms with Crippen LogP contribution in [0.1, 0.15) is 103 Å². The average molecular weight is 582 g/mol. The van der Waals surface area contributed by atoms with Gasteiger partial charge in [0.1, 0.15) is 23.4 Å². The molecule has 3 N–H and O–H groups in total. The number of aryl methyl sites for hydroxylation is 1. The minimum atomic E-state index is -1.10. The summed E-state index contributed by atoms with van der Waals surface area (Å²) in [4.78, 5) is 42.6. The lowest BCUT2D eigenvalue weighted by Gasteiger charge is -2.36. The minimum absolute atomic E-state index is 0.0284. The molecule has 3 amide bonds. The van der Waals surface area contributed by atoms with Gasteiger partial charge in [0.15, 0.2) is 0 Å². The van der Waals surface area contributed by atoms with Crippen LogP contribution in [-0.4, -0.2) is 46.1 Å². The highest BCUT2D eigenvalue weighted by Crippen LogP contribution is 2.33. The van der Waals surface area contributed by atoms with Gasteiger partial charge in [-0.25, -0.2) is 4.79 Å². The van der Waals surface area contributed by atoms with E-state index in [1.54, 1.807) is 45.9 Å². The van der Waals surface area contributed by atoms with E-state index in [4.69, 9.17) is 4.74 Å². The number of phenols is 1. The van der Waals surface area contributed by atoms with Crippen molar-refractivity contribution < 1.29 is 24.2 Å². The lowest BCUT2D eigenvalue weighted by molar-refractivity contribution is -0.143. The number of nitrogens with one attached hydrogen (secondary N) is 2. The number of alkyl carbamates (subject to hydrolysis) is 1. The van der Waals surface area contributed by atoms with Gasteiger partial charge in [-0.2, -0.15) is 0 Å². The van der Waals surface area contributed by atoms with E-state index in [-0.39, 0.29) is 18.2 Å². The lowest BCUT2D eigenvalue weighted by Crippen LogP contribution is -2.55. The molecular weight excluding hydrogens is 530 g/mol. The maximum absolute atomic E-state index is 14.3. The van der Waals surface area contributed by atoms with E-state index in [2.05, 4.69) is 17.6 Å². The molecule has 0 aliphatic heterocycles. The molecule has 2 aromatic carbocycles. The van der Waals surface area contributed by atoms with Crippen LogP contribution in [0, 0.1) is 12.8 Å². The summed E-state index contributed by atoms with van der Waals surface area (Å²) in [6.07, 6.45) is 5.30. The van der Waals surface area contributed by atoms with E-state index in [1.165, 1.54) is 4.90 Å². The van der Waals surface area contributed by atoms with Crippen LogP contribution in [0.2, 0.25) is 0 Å². The molecule has 0 aromatic heterocycles. The first-order valence-electron chi connectivity index (χ1n) is 15.3. The zero-order valence-electron chi connectivity index (χ0n) is 26.5. The quantitative estimate of drug-likeness (QED) is 0.201. The Morgan fingerprint density at radius 3 is 2.19 bits per heavy atom. The number of phenolic OH excluding ortho intramolecular Hbond substituents is 1. The molecule has 0 fully saturated rings. The maximum atomic E-state index is 14.3. The smallest absolute Gasteiger partial charge is 0.408 e. The SMILES string of the molecule is CCCCCCCCN(C(=O)C(NC(=O)OC(C)(C)C)C(C)C)C(C(=O)NCc1ccccc1)c1cccc(C)c1O. The number of aromatic hydroxyl groups is 1. The summed E-state index contributed by atoms with van der Waals surface area (Å²) in [6, 6.07) is 12.7.